The van der Waals surface area contributed by atoms with Crippen LogP contribution < -0.4 is 19.9 Å². The number of ether oxygens (including phenoxy) is 1. The number of allylic oxidation sites excluding steroid dienone is 2. The largest absolute Gasteiger partial charge is 0.491 e. The lowest BCUT2D eigenvalue weighted by Gasteiger charge is -2.50. The summed E-state index contributed by atoms with van der Waals surface area (Å²) in [7, 11) is 0. The number of para-hydroxylation sites is 2. The Morgan fingerprint density at radius 1 is 0.769 bits per heavy atom. The second-order valence-electron chi connectivity index (χ2n) is 13.4. The van der Waals surface area contributed by atoms with Crippen LogP contribution in [0.25, 0.3) is 0 Å². The Labute approximate surface area is 308 Å². The van der Waals surface area contributed by atoms with E-state index in [9.17, 15) is 28.7 Å². The molecular weight excluding hydrogens is 708 g/mol. The summed E-state index contributed by atoms with van der Waals surface area (Å²) >= 11 is 15.0. The summed E-state index contributed by atoms with van der Waals surface area (Å²) in [6.07, 6.45) is 1.82. The molecule has 6 atom stereocenters. The Morgan fingerprint density at radius 2 is 1.40 bits per heavy atom. The number of rotatable bonds is 8. The predicted octanol–water partition coefficient (Wildman–Crippen LogP) is 6.71. The normalized spacial score (nSPS) is 28.0. The SMILES string of the molecule is O=C1C2CC=C3C(CC4(Cl)C(=O)N(c5ccc(F)cc5)C(=O)C4(Cl)C3c3ccccc3OCCO)C2C(=O)N1c1ccc(Nc2ccccc2)cc1. The Morgan fingerprint density at radius 3 is 2.12 bits per heavy atom. The van der Waals surface area contributed by atoms with Crippen LogP contribution >= 0.6 is 23.2 Å². The van der Waals surface area contributed by atoms with Gasteiger partial charge < -0.3 is 15.2 Å². The van der Waals surface area contributed by atoms with E-state index in [4.69, 9.17) is 27.9 Å². The third-order valence-electron chi connectivity index (χ3n) is 10.7. The molecule has 2 aliphatic carbocycles. The number of nitrogens with one attached hydrogen (secondary N) is 1. The average Bonchev–Trinajstić information content (AvgIpc) is 3.49. The smallest absolute Gasteiger partial charge is 0.258 e. The first-order chi connectivity index (χ1) is 25.1. The van der Waals surface area contributed by atoms with Crippen molar-refractivity contribution in [3.8, 4) is 5.75 Å². The minimum Gasteiger partial charge on any atom is -0.491 e. The van der Waals surface area contributed by atoms with Crippen molar-refractivity contribution in [3.63, 3.8) is 0 Å². The number of aliphatic hydroxyl groups excluding tert-OH is 1. The highest BCUT2D eigenvalue weighted by Gasteiger charge is 2.77. The van der Waals surface area contributed by atoms with Crippen LogP contribution in [0.4, 0.5) is 27.1 Å². The molecule has 2 saturated heterocycles. The fourth-order valence-electron chi connectivity index (χ4n) is 8.39. The molecule has 4 aliphatic rings. The van der Waals surface area contributed by atoms with Gasteiger partial charge in [0, 0.05) is 22.9 Å². The van der Waals surface area contributed by atoms with Gasteiger partial charge in [-0.05, 0) is 85.5 Å². The van der Waals surface area contributed by atoms with Gasteiger partial charge in [0.2, 0.25) is 11.8 Å². The average molecular weight is 741 g/mol. The Kier molecular flexibility index (Phi) is 8.44. The van der Waals surface area contributed by atoms with Crippen LogP contribution in [0.5, 0.6) is 5.75 Å². The molecular formula is C40H32Cl2FN3O6. The number of benzene rings is 4. The zero-order valence-electron chi connectivity index (χ0n) is 27.5. The van der Waals surface area contributed by atoms with Crippen molar-refractivity contribution >= 4 is 69.6 Å². The first-order valence-electron chi connectivity index (χ1n) is 16.9. The van der Waals surface area contributed by atoms with E-state index in [1.807, 2.05) is 36.4 Å². The summed E-state index contributed by atoms with van der Waals surface area (Å²) in [5.41, 5.74) is 3.17. The molecule has 0 bridgehead atoms. The van der Waals surface area contributed by atoms with Gasteiger partial charge in [-0.2, -0.15) is 0 Å². The number of hydrogen-bond acceptors (Lipinski definition) is 7. The van der Waals surface area contributed by atoms with Crippen LogP contribution in [0.3, 0.4) is 0 Å². The van der Waals surface area contributed by atoms with Gasteiger partial charge in [0.25, 0.3) is 11.8 Å². The van der Waals surface area contributed by atoms with Crippen LogP contribution in [-0.4, -0.2) is 51.7 Å². The molecule has 52 heavy (non-hydrogen) atoms. The predicted molar refractivity (Wildman–Crippen MR) is 194 cm³/mol. The third kappa shape index (κ3) is 5.07. The maximum absolute atomic E-state index is 14.6. The summed E-state index contributed by atoms with van der Waals surface area (Å²) in [5.74, 6) is -6.15. The van der Waals surface area contributed by atoms with Gasteiger partial charge in [-0.15, -0.1) is 23.2 Å². The number of carbonyl (C=O) groups is 4. The molecule has 1 saturated carbocycles. The third-order valence-corrected chi connectivity index (χ3v) is 12.1. The lowest BCUT2D eigenvalue weighted by Crippen LogP contribution is -2.60. The van der Waals surface area contributed by atoms with Crippen LogP contribution in [0, 0.1) is 23.6 Å². The van der Waals surface area contributed by atoms with Crippen LogP contribution in [-0.2, 0) is 19.2 Å². The fourth-order valence-corrected chi connectivity index (χ4v) is 9.31. The van der Waals surface area contributed by atoms with E-state index in [1.54, 1.807) is 48.5 Å². The van der Waals surface area contributed by atoms with Gasteiger partial charge in [0.15, 0.2) is 9.75 Å². The van der Waals surface area contributed by atoms with E-state index >= 15 is 0 Å². The number of fused-ring (bicyclic) bond motifs is 4. The zero-order valence-corrected chi connectivity index (χ0v) is 29.1. The van der Waals surface area contributed by atoms with E-state index < -0.39 is 57.0 Å². The number of anilines is 4. The fraction of sp³-hybridized carbons (Fsp3) is 0.250. The zero-order chi connectivity index (χ0) is 36.4. The highest BCUT2D eigenvalue weighted by atomic mass is 35.5. The van der Waals surface area contributed by atoms with Gasteiger partial charge in [-0.25, -0.2) is 9.29 Å². The topological polar surface area (TPSA) is 116 Å². The number of carbonyl (C=O) groups excluding carboxylic acids is 4. The molecule has 8 rings (SSSR count). The molecule has 9 nitrogen and oxygen atoms in total. The summed E-state index contributed by atoms with van der Waals surface area (Å²) in [6, 6.07) is 28.3. The highest BCUT2D eigenvalue weighted by molar-refractivity contribution is 6.58. The Balaban J connectivity index is 1.21. The van der Waals surface area contributed by atoms with Crippen molar-refractivity contribution in [1.29, 1.82) is 0 Å². The molecule has 0 spiro atoms. The summed E-state index contributed by atoms with van der Waals surface area (Å²) in [4.78, 5) is 55.6. The maximum Gasteiger partial charge on any atom is 0.258 e. The lowest BCUT2D eigenvalue weighted by molar-refractivity contribution is -0.125. The van der Waals surface area contributed by atoms with Gasteiger partial charge >= 0.3 is 0 Å². The molecule has 2 aliphatic heterocycles. The van der Waals surface area contributed by atoms with E-state index in [1.165, 1.54) is 17.0 Å². The number of nitrogens with zero attached hydrogens (tertiary/aromatic N) is 2. The van der Waals surface area contributed by atoms with Gasteiger partial charge in [0.1, 0.15) is 18.2 Å². The summed E-state index contributed by atoms with van der Waals surface area (Å²) < 4.78 is 19.9. The molecule has 3 fully saturated rings. The van der Waals surface area contributed by atoms with Crippen molar-refractivity contribution in [2.24, 2.45) is 17.8 Å². The minimum absolute atomic E-state index is 0.0611. The van der Waals surface area contributed by atoms with Crippen molar-refractivity contribution in [3.05, 3.63) is 126 Å². The van der Waals surface area contributed by atoms with Crippen molar-refractivity contribution in [2.45, 2.75) is 28.5 Å². The molecule has 4 amide bonds. The first-order valence-corrected chi connectivity index (χ1v) is 17.7. The number of halogens is 3. The number of alkyl halides is 2. The molecule has 4 aromatic carbocycles. The Hall–Kier alpha value is -5.03. The van der Waals surface area contributed by atoms with Crippen LogP contribution in [0.2, 0.25) is 0 Å². The molecule has 0 aromatic heterocycles. The number of amides is 4. The molecule has 2 N–H and O–H groups in total. The molecule has 264 valence electrons. The van der Waals surface area contributed by atoms with Crippen molar-refractivity contribution in [2.75, 3.05) is 28.3 Å². The summed E-state index contributed by atoms with van der Waals surface area (Å²) in [6.45, 7) is -0.348. The quantitative estimate of drug-likeness (QED) is 0.117. The second-order valence-corrected chi connectivity index (χ2v) is 14.7. The minimum atomic E-state index is -2.11. The standard InChI is InChI=1S/C40H32Cl2FN3O6/c41-39-22-31-28(18-19-30-33(31)36(49)45(35(30)48)26-16-12-25(13-17-26)44-24-6-2-1-3-7-24)34(29-8-4-5-9-32(29)52-21-20-47)40(39,42)38(51)46(37(39)50)27-14-10-23(43)11-15-27/h1-18,30-31,33-34,44,47H,19-22H2. The molecule has 0 radical (unpaired) electrons. The first kappa shape index (κ1) is 34.1. The number of hydrogen-bond donors (Lipinski definition) is 2. The van der Waals surface area contributed by atoms with E-state index in [0.29, 0.717) is 22.6 Å². The van der Waals surface area contributed by atoms with Crippen LogP contribution in [0.1, 0.15) is 24.3 Å². The Bertz CT molecular complexity index is 2130. The van der Waals surface area contributed by atoms with E-state index in [-0.39, 0.29) is 37.6 Å². The molecule has 2 heterocycles. The van der Waals surface area contributed by atoms with Gasteiger partial charge in [0.05, 0.1) is 29.8 Å². The number of imide groups is 2. The van der Waals surface area contributed by atoms with Crippen molar-refractivity contribution < 1.29 is 33.4 Å². The molecule has 6 unspecified atom stereocenters. The second kappa shape index (κ2) is 12.9. The number of aliphatic hydroxyl groups is 1. The van der Waals surface area contributed by atoms with Gasteiger partial charge in [-0.1, -0.05) is 48.0 Å². The monoisotopic (exact) mass is 739 g/mol. The highest BCUT2D eigenvalue weighted by Crippen LogP contribution is 2.66. The maximum atomic E-state index is 14.6. The van der Waals surface area contributed by atoms with Crippen LogP contribution in [0.15, 0.2) is 115 Å². The van der Waals surface area contributed by atoms with Gasteiger partial charge in [-0.3, -0.25) is 24.1 Å². The molecule has 12 heteroatoms. The van der Waals surface area contributed by atoms with Crippen molar-refractivity contribution in [1.82, 2.24) is 0 Å². The molecule has 4 aromatic rings. The van der Waals surface area contributed by atoms with E-state index in [2.05, 4.69) is 5.32 Å². The lowest BCUT2D eigenvalue weighted by atomic mass is 9.56. The van der Waals surface area contributed by atoms with E-state index in [0.717, 1.165) is 28.4 Å². The summed E-state index contributed by atoms with van der Waals surface area (Å²) in [5, 5.41) is 12.9.